The Balaban J connectivity index is 2.41. The molecule has 0 aliphatic rings. The Kier molecular flexibility index (Phi) is 2.97. The van der Waals surface area contributed by atoms with Gasteiger partial charge in [-0.25, -0.2) is 4.39 Å². The van der Waals surface area contributed by atoms with Crippen LogP contribution in [0.3, 0.4) is 0 Å². The van der Waals surface area contributed by atoms with Crippen LogP contribution in [0.15, 0.2) is 24.4 Å². The van der Waals surface area contributed by atoms with E-state index in [9.17, 15) is 4.39 Å². The quantitative estimate of drug-likeness (QED) is 0.847. The van der Waals surface area contributed by atoms with Crippen molar-refractivity contribution in [3.63, 3.8) is 0 Å². The van der Waals surface area contributed by atoms with Gasteiger partial charge in [0.2, 0.25) is 0 Å². The summed E-state index contributed by atoms with van der Waals surface area (Å²) in [4.78, 5) is 0. The highest BCUT2D eigenvalue weighted by Crippen LogP contribution is 2.23. The maximum atomic E-state index is 13.2. The van der Waals surface area contributed by atoms with Gasteiger partial charge in [0.05, 0.1) is 0 Å². The Morgan fingerprint density at radius 3 is 2.88 bits per heavy atom. The van der Waals surface area contributed by atoms with Gasteiger partial charge in [0.15, 0.2) is 0 Å². The van der Waals surface area contributed by atoms with Crippen molar-refractivity contribution >= 4 is 10.9 Å². The number of rotatable bonds is 3. The molecule has 0 fully saturated rings. The van der Waals surface area contributed by atoms with E-state index in [0.29, 0.717) is 0 Å². The highest BCUT2D eigenvalue weighted by Gasteiger charge is 2.08. The summed E-state index contributed by atoms with van der Waals surface area (Å²) in [5, 5.41) is 1.00. The van der Waals surface area contributed by atoms with Gasteiger partial charge in [-0.2, -0.15) is 0 Å². The molecule has 3 heteroatoms. The van der Waals surface area contributed by atoms with E-state index < -0.39 is 0 Å². The molecule has 2 nitrogen and oxygen atoms in total. The molecular formula is C13H17FN2. The summed E-state index contributed by atoms with van der Waals surface area (Å²) in [6, 6.07) is 5.10. The van der Waals surface area contributed by atoms with E-state index in [1.807, 2.05) is 24.6 Å². The second kappa shape index (κ2) is 4.26. The van der Waals surface area contributed by atoms with Gasteiger partial charge in [-0.15, -0.1) is 0 Å². The van der Waals surface area contributed by atoms with E-state index in [2.05, 4.69) is 6.20 Å². The van der Waals surface area contributed by atoms with Gasteiger partial charge >= 0.3 is 0 Å². The number of hydrogen-bond donors (Lipinski definition) is 1. The minimum atomic E-state index is -0.180. The van der Waals surface area contributed by atoms with E-state index in [1.54, 1.807) is 6.07 Å². The first kappa shape index (κ1) is 11.1. The van der Waals surface area contributed by atoms with E-state index in [-0.39, 0.29) is 11.9 Å². The fraction of sp³-hybridized carbons (Fsp3) is 0.385. The Morgan fingerprint density at radius 2 is 2.19 bits per heavy atom. The molecule has 16 heavy (non-hydrogen) atoms. The summed E-state index contributed by atoms with van der Waals surface area (Å²) in [5.41, 5.74) is 7.99. The second-order valence-corrected chi connectivity index (χ2v) is 4.44. The molecule has 0 aliphatic carbocycles. The van der Waals surface area contributed by atoms with Crippen molar-refractivity contribution in [1.29, 1.82) is 0 Å². The van der Waals surface area contributed by atoms with Crippen LogP contribution in [0.5, 0.6) is 0 Å². The van der Waals surface area contributed by atoms with E-state index in [1.165, 1.54) is 11.6 Å². The fourth-order valence-corrected chi connectivity index (χ4v) is 2.03. The molecule has 1 atom stereocenters. The topological polar surface area (TPSA) is 30.9 Å². The summed E-state index contributed by atoms with van der Waals surface area (Å²) in [5.74, 6) is -0.180. The van der Waals surface area contributed by atoms with Crippen LogP contribution in [-0.4, -0.2) is 10.6 Å². The maximum Gasteiger partial charge on any atom is 0.123 e. The minimum absolute atomic E-state index is 0.180. The summed E-state index contributed by atoms with van der Waals surface area (Å²) >= 11 is 0. The Morgan fingerprint density at radius 1 is 1.44 bits per heavy atom. The van der Waals surface area contributed by atoms with Gasteiger partial charge in [0.25, 0.3) is 0 Å². The summed E-state index contributed by atoms with van der Waals surface area (Å²) in [7, 11) is 1.98. The van der Waals surface area contributed by atoms with Gasteiger partial charge in [-0.05, 0) is 43.5 Å². The predicted molar refractivity (Wildman–Crippen MR) is 64.8 cm³/mol. The first-order valence-electron chi connectivity index (χ1n) is 5.57. The van der Waals surface area contributed by atoms with E-state index in [0.717, 1.165) is 23.7 Å². The SMILES string of the molecule is C[C@H](N)CCc1cn(C)c2ccc(F)cc12. The third kappa shape index (κ3) is 2.09. The zero-order valence-corrected chi connectivity index (χ0v) is 9.70. The number of benzene rings is 1. The average molecular weight is 220 g/mol. The largest absolute Gasteiger partial charge is 0.350 e. The number of hydrogen-bond acceptors (Lipinski definition) is 1. The highest BCUT2D eigenvalue weighted by atomic mass is 19.1. The zero-order chi connectivity index (χ0) is 11.7. The molecule has 1 aromatic heterocycles. The molecule has 1 heterocycles. The van der Waals surface area contributed by atoms with Crippen LogP contribution in [0.4, 0.5) is 4.39 Å². The van der Waals surface area contributed by atoms with Gasteiger partial charge < -0.3 is 10.3 Å². The monoisotopic (exact) mass is 220 g/mol. The second-order valence-electron chi connectivity index (χ2n) is 4.44. The van der Waals surface area contributed by atoms with E-state index in [4.69, 9.17) is 5.73 Å². The van der Waals surface area contributed by atoms with Gasteiger partial charge in [0, 0.05) is 30.2 Å². The standard InChI is InChI=1S/C13H17FN2/c1-9(15)3-4-10-8-16(2)13-6-5-11(14)7-12(10)13/h5-9H,3-4,15H2,1-2H3/t9-/m0/s1. The number of nitrogens with zero attached hydrogens (tertiary/aromatic N) is 1. The van der Waals surface area contributed by atoms with Crippen LogP contribution < -0.4 is 5.73 Å². The first-order chi connectivity index (χ1) is 7.58. The number of nitrogens with two attached hydrogens (primary N) is 1. The molecule has 0 spiro atoms. The lowest BCUT2D eigenvalue weighted by molar-refractivity contribution is 0.629. The molecule has 2 N–H and O–H groups in total. The molecule has 0 saturated heterocycles. The third-order valence-corrected chi connectivity index (χ3v) is 2.90. The van der Waals surface area contributed by atoms with Crippen LogP contribution in [0.25, 0.3) is 10.9 Å². The van der Waals surface area contributed by atoms with Crippen molar-refractivity contribution in [2.75, 3.05) is 0 Å². The van der Waals surface area contributed by atoms with E-state index >= 15 is 0 Å². The Bertz CT molecular complexity index is 500. The molecule has 0 saturated carbocycles. The normalized spacial score (nSPS) is 13.2. The molecule has 0 bridgehead atoms. The molecular weight excluding hydrogens is 203 g/mol. The van der Waals surface area contributed by atoms with Crippen LogP contribution in [0.2, 0.25) is 0 Å². The maximum absolute atomic E-state index is 13.2. The van der Waals surface area contributed by atoms with Crippen LogP contribution in [0.1, 0.15) is 18.9 Å². The van der Waals surface area contributed by atoms with Crippen molar-refractivity contribution in [3.8, 4) is 0 Å². The van der Waals surface area contributed by atoms with Crippen LogP contribution in [-0.2, 0) is 13.5 Å². The number of aromatic nitrogens is 1. The molecule has 86 valence electrons. The van der Waals surface area contributed by atoms with Crippen molar-refractivity contribution in [1.82, 2.24) is 4.57 Å². The third-order valence-electron chi connectivity index (χ3n) is 2.90. The summed E-state index contributed by atoms with van der Waals surface area (Å²) < 4.78 is 15.2. The fourth-order valence-electron chi connectivity index (χ4n) is 2.03. The van der Waals surface area contributed by atoms with Gasteiger partial charge in [0.1, 0.15) is 5.82 Å². The van der Waals surface area contributed by atoms with Crippen molar-refractivity contribution in [2.24, 2.45) is 12.8 Å². The van der Waals surface area contributed by atoms with Gasteiger partial charge in [-0.1, -0.05) is 0 Å². The lowest BCUT2D eigenvalue weighted by atomic mass is 10.1. The summed E-state index contributed by atoms with van der Waals surface area (Å²) in [6.07, 6.45) is 3.89. The van der Waals surface area contributed by atoms with Crippen molar-refractivity contribution < 1.29 is 4.39 Å². The summed E-state index contributed by atoms with van der Waals surface area (Å²) in [6.45, 7) is 1.99. The number of fused-ring (bicyclic) bond motifs is 1. The predicted octanol–water partition coefficient (Wildman–Crippen LogP) is 2.60. The average Bonchev–Trinajstić information content (AvgIpc) is 2.52. The lowest BCUT2D eigenvalue weighted by Gasteiger charge is -2.03. The smallest absolute Gasteiger partial charge is 0.123 e. The minimum Gasteiger partial charge on any atom is -0.350 e. The number of aryl methyl sites for hydroxylation is 2. The van der Waals surface area contributed by atoms with Crippen molar-refractivity contribution in [2.45, 2.75) is 25.8 Å². The molecule has 2 rings (SSSR count). The highest BCUT2D eigenvalue weighted by molar-refractivity contribution is 5.84. The van der Waals surface area contributed by atoms with Crippen LogP contribution >= 0.6 is 0 Å². The first-order valence-corrected chi connectivity index (χ1v) is 5.57. The molecule has 0 amide bonds. The lowest BCUT2D eigenvalue weighted by Crippen LogP contribution is -2.15. The Hall–Kier alpha value is -1.35. The molecule has 1 aromatic carbocycles. The molecule has 2 aromatic rings. The van der Waals surface area contributed by atoms with Crippen molar-refractivity contribution in [3.05, 3.63) is 35.8 Å². The molecule has 0 aliphatic heterocycles. The van der Waals surface area contributed by atoms with Crippen LogP contribution in [0, 0.1) is 5.82 Å². The zero-order valence-electron chi connectivity index (χ0n) is 9.70. The molecule has 0 unspecified atom stereocenters. The Labute approximate surface area is 94.9 Å². The molecule has 0 radical (unpaired) electrons. The van der Waals surface area contributed by atoms with Gasteiger partial charge in [-0.3, -0.25) is 0 Å². The number of halogens is 1.